The third-order valence-corrected chi connectivity index (χ3v) is 2.65. The molecule has 0 aliphatic carbocycles. The van der Waals surface area contributed by atoms with Gasteiger partial charge in [-0.1, -0.05) is 18.2 Å². The molecule has 1 amide bonds. The van der Waals surface area contributed by atoms with Gasteiger partial charge in [0.25, 0.3) is 5.91 Å². The number of para-hydroxylation sites is 1. The van der Waals surface area contributed by atoms with Crippen molar-refractivity contribution in [2.75, 3.05) is 18.5 Å². The van der Waals surface area contributed by atoms with Crippen LogP contribution in [-0.2, 0) is 14.3 Å². The van der Waals surface area contributed by atoms with Crippen LogP contribution in [0, 0.1) is 0 Å². The molecule has 0 saturated heterocycles. The van der Waals surface area contributed by atoms with E-state index in [0.29, 0.717) is 5.75 Å². The fraction of sp³-hybridized carbons (Fsp3) is 0.125. The summed E-state index contributed by atoms with van der Waals surface area (Å²) in [6, 6.07) is 16.9. The van der Waals surface area contributed by atoms with Crippen LogP contribution in [0.25, 0.3) is 0 Å². The zero-order valence-corrected chi connectivity index (χ0v) is 11.8. The van der Waals surface area contributed by atoms with E-state index in [2.05, 4.69) is 10.1 Å². The van der Waals surface area contributed by atoms with Crippen molar-refractivity contribution in [3.8, 4) is 5.75 Å². The monoisotopic (exact) mass is 300 g/mol. The first kappa shape index (κ1) is 15.4. The molecule has 0 atom stereocenters. The minimum Gasteiger partial charge on any atom is -0.482 e. The number of carbonyl (C=O) groups excluding carboxylic acids is 2. The fourth-order valence-corrected chi connectivity index (χ4v) is 1.66. The van der Waals surface area contributed by atoms with Gasteiger partial charge >= 0.3 is 5.97 Å². The van der Waals surface area contributed by atoms with E-state index < -0.39 is 18.5 Å². The quantitative estimate of drug-likeness (QED) is 0.761. The van der Waals surface area contributed by atoms with Crippen LogP contribution >= 0.6 is 0 Å². The predicted molar refractivity (Wildman–Crippen MR) is 81.8 cm³/mol. The second-order valence-corrected chi connectivity index (χ2v) is 4.43. The maximum atomic E-state index is 11.3. The Morgan fingerprint density at radius 3 is 2.18 bits per heavy atom. The molecule has 0 spiro atoms. The third-order valence-electron chi connectivity index (χ3n) is 2.65. The summed E-state index contributed by atoms with van der Waals surface area (Å²) in [7, 11) is 0. The molecule has 0 aromatic heterocycles. The van der Waals surface area contributed by atoms with Crippen molar-refractivity contribution in [2.45, 2.75) is 0 Å². The lowest BCUT2D eigenvalue weighted by Crippen LogP contribution is -2.23. The van der Waals surface area contributed by atoms with Crippen LogP contribution in [0.4, 0.5) is 11.4 Å². The summed E-state index contributed by atoms with van der Waals surface area (Å²) in [6.07, 6.45) is 0. The number of amides is 1. The van der Waals surface area contributed by atoms with E-state index in [1.165, 1.54) is 0 Å². The van der Waals surface area contributed by atoms with Crippen molar-refractivity contribution in [3.63, 3.8) is 0 Å². The summed E-state index contributed by atoms with van der Waals surface area (Å²) in [5.41, 5.74) is 6.74. The molecule has 0 aliphatic rings. The van der Waals surface area contributed by atoms with Gasteiger partial charge in [0.2, 0.25) is 0 Å². The maximum absolute atomic E-state index is 11.3. The van der Waals surface area contributed by atoms with Crippen molar-refractivity contribution in [2.24, 2.45) is 5.73 Å². The molecule has 2 aromatic carbocycles. The SMILES string of the molecule is NC(=O)COC(=O)COc1ccc(Nc2ccccc2)cc1. The first-order valence-electron chi connectivity index (χ1n) is 6.62. The summed E-state index contributed by atoms with van der Waals surface area (Å²) in [5.74, 6) is -0.829. The van der Waals surface area contributed by atoms with Crippen LogP contribution in [0.15, 0.2) is 54.6 Å². The number of rotatable bonds is 7. The molecule has 6 heteroatoms. The van der Waals surface area contributed by atoms with E-state index in [-0.39, 0.29) is 6.61 Å². The molecule has 0 aliphatic heterocycles. The Bertz CT molecular complexity index is 626. The van der Waals surface area contributed by atoms with Crippen LogP contribution in [0.2, 0.25) is 0 Å². The second-order valence-electron chi connectivity index (χ2n) is 4.43. The molecule has 0 radical (unpaired) electrons. The number of anilines is 2. The van der Waals surface area contributed by atoms with Crippen LogP contribution in [0.5, 0.6) is 5.75 Å². The highest BCUT2D eigenvalue weighted by Gasteiger charge is 2.06. The van der Waals surface area contributed by atoms with Crippen LogP contribution < -0.4 is 15.8 Å². The van der Waals surface area contributed by atoms with Gasteiger partial charge in [0, 0.05) is 11.4 Å². The van der Waals surface area contributed by atoms with E-state index in [1.54, 1.807) is 12.1 Å². The van der Waals surface area contributed by atoms with Gasteiger partial charge in [0.1, 0.15) is 5.75 Å². The number of hydrogen-bond donors (Lipinski definition) is 2. The number of hydrogen-bond acceptors (Lipinski definition) is 5. The molecule has 0 bridgehead atoms. The molecular weight excluding hydrogens is 284 g/mol. The number of primary amides is 1. The molecule has 0 heterocycles. The van der Waals surface area contributed by atoms with Gasteiger partial charge in [-0.05, 0) is 36.4 Å². The molecule has 0 unspecified atom stereocenters. The topological polar surface area (TPSA) is 90.7 Å². The Morgan fingerprint density at radius 1 is 0.909 bits per heavy atom. The van der Waals surface area contributed by atoms with E-state index >= 15 is 0 Å². The average molecular weight is 300 g/mol. The standard InChI is InChI=1S/C16H16N2O4/c17-15(19)10-22-16(20)11-21-14-8-6-13(7-9-14)18-12-4-2-1-3-5-12/h1-9,18H,10-11H2,(H2,17,19). The molecule has 6 nitrogen and oxygen atoms in total. The smallest absolute Gasteiger partial charge is 0.344 e. The number of esters is 1. The van der Waals surface area contributed by atoms with Crippen molar-refractivity contribution in [1.29, 1.82) is 0 Å². The lowest BCUT2D eigenvalue weighted by atomic mass is 10.2. The summed E-state index contributed by atoms with van der Waals surface area (Å²) in [4.78, 5) is 21.7. The zero-order chi connectivity index (χ0) is 15.8. The van der Waals surface area contributed by atoms with Gasteiger partial charge in [0.15, 0.2) is 13.2 Å². The molecule has 0 fully saturated rings. The molecule has 3 N–H and O–H groups in total. The third kappa shape index (κ3) is 5.16. The summed E-state index contributed by atoms with van der Waals surface area (Å²) < 4.78 is 9.83. The van der Waals surface area contributed by atoms with Crippen LogP contribution in [0.3, 0.4) is 0 Å². The second kappa shape index (κ2) is 7.68. The Kier molecular flexibility index (Phi) is 5.37. The van der Waals surface area contributed by atoms with Gasteiger partial charge in [-0.25, -0.2) is 4.79 Å². The zero-order valence-electron chi connectivity index (χ0n) is 11.8. The van der Waals surface area contributed by atoms with Gasteiger partial charge in [-0.15, -0.1) is 0 Å². The average Bonchev–Trinajstić information content (AvgIpc) is 2.53. The van der Waals surface area contributed by atoms with Gasteiger partial charge in [0.05, 0.1) is 0 Å². The Morgan fingerprint density at radius 2 is 1.55 bits per heavy atom. The lowest BCUT2D eigenvalue weighted by Gasteiger charge is -2.08. The van der Waals surface area contributed by atoms with Crippen molar-refractivity contribution in [1.82, 2.24) is 0 Å². The first-order valence-corrected chi connectivity index (χ1v) is 6.62. The predicted octanol–water partition coefficient (Wildman–Crippen LogP) is 1.84. The summed E-state index contributed by atoms with van der Waals surface area (Å²) >= 11 is 0. The van der Waals surface area contributed by atoms with Gasteiger partial charge in [-0.3, -0.25) is 4.79 Å². The number of nitrogens with two attached hydrogens (primary N) is 1. The van der Waals surface area contributed by atoms with Crippen molar-refractivity contribution < 1.29 is 19.1 Å². The molecule has 0 saturated carbocycles. The first-order chi connectivity index (χ1) is 10.6. The molecule has 22 heavy (non-hydrogen) atoms. The Balaban J connectivity index is 1.82. The minimum atomic E-state index is -0.704. The normalized spacial score (nSPS) is 9.82. The van der Waals surface area contributed by atoms with E-state index in [4.69, 9.17) is 10.5 Å². The largest absolute Gasteiger partial charge is 0.482 e. The minimum absolute atomic E-state index is 0.279. The van der Waals surface area contributed by atoms with Crippen molar-refractivity contribution in [3.05, 3.63) is 54.6 Å². The molecule has 114 valence electrons. The number of nitrogens with one attached hydrogen (secondary N) is 1. The highest BCUT2D eigenvalue weighted by atomic mass is 16.6. The molecule has 2 aromatic rings. The van der Waals surface area contributed by atoms with Crippen LogP contribution in [-0.4, -0.2) is 25.1 Å². The van der Waals surface area contributed by atoms with Crippen LogP contribution in [0.1, 0.15) is 0 Å². The van der Waals surface area contributed by atoms with Gasteiger partial charge in [-0.2, -0.15) is 0 Å². The Hall–Kier alpha value is -3.02. The maximum Gasteiger partial charge on any atom is 0.344 e. The number of carbonyl (C=O) groups is 2. The highest BCUT2D eigenvalue weighted by molar-refractivity contribution is 5.79. The molecular formula is C16H16N2O4. The van der Waals surface area contributed by atoms with Crippen molar-refractivity contribution >= 4 is 23.3 Å². The summed E-state index contributed by atoms with van der Waals surface area (Å²) in [5, 5.41) is 3.23. The fourth-order valence-electron chi connectivity index (χ4n) is 1.66. The number of benzene rings is 2. The van der Waals surface area contributed by atoms with E-state index in [1.807, 2.05) is 42.5 Å². The van der Waals surface area contributed by atoms with E-state index in [0.717, 1.165) is 11.4 Å². The van der Waals surface area contributed by atoms with Gasteiger partial charge < -0.3 is 20.5 Å². The lowest BCUT2D eigenvalue weighted by molar-refractivity contribution is -0.149. The molecule has 2 rings (SSSR count). The highest BCUT2D eigenvalue weighted by Crippen LogP contribution is 2.19. The summed E-state index contributed by atoms with van der Waals surface area (Å²) in [6.45, 7) is -0.721. The Labute approximate surface area is 127 Å². The number of ether oxygens (including phenoxy) is 2. The van der Waals surface area contributed by atoms with E-state index in [9.17, 15) is 9.59 Å².